The van der Waals surface area contributed by atoms with E-state index >= 15 is 0 Å². The average Bonchev–Trinajstić information content (AvgIpc) is 3.19. The van der Waals surface area contributed by atoms with Crippen molar-refractivity contribution in [1.29, 1.82) is 0 Å². The van der Waals surface area contributed by atoms with Crippen LogP contribution < -0.4 is 5.56 Å². The monoisotopic (exact) mass is 417 g/mol. The normalized spacial score (nSPS) is 11.0. The van der Waals surface area contributed by atoms with Gasteiger partial charge in [0.25, 0.3) is 5.56 Å². The minimum absolute atomic E-state index is 0.116. The smallest absolute Gasteiger partial charge is 0.258 e. The number of hydrogen-bond donors (Lipinski definition) is 2. The number of benzene rings is 1. The zero-order valence-electron chi connectivity index (χ0n) is 17.0. The summed E-state index contributed by atoms with van der Waals surface area (Å²) in [5.74, 6) is 0. The minimum atomic E-state index is -0.173. The van der Waals surface area contributed by atoms with E-state index in [9.17, 15) is 9.90 Å². The van der Waals surface area contributed by atoms with Gasteiger partial charge in [-0.15, -0.1) is 11.3 Å². The number of aliphatic hydroxyl groups excluding tert-OH is 1. The van der Waals surface area contributed by atoms with Gasteiger partial charge in [0.15, 0.2) is 0 Å². The van der Waals surface area contributed by atoms with Crippen molar-refractivity contribution in [1.82, 2.24) is 15.0 Å². The summed E-state index contributed by atoms with van der Waals surface area (Å²) in [7, 11) is 0. The summed E-state index contributed by atoms with van der Waals surface area (Å²) in [6.45, 7) is 4.10. The van der Waals surface area contributed by atoms with Crippen LogP contribution in [0.15, 0.2) is 59.0 Å². The highest BCUT2D eigenvalue weighted by molar-refractivity contribution is 7.13. The van der Waals surface area contributed by atoms with Crippen molar-refractivity contribution in [2.24, 2.45) is 0 Å². The van der Waals surface area contributed by atoms with Crippen molar-refractivity contribution in [3.63, 3.8) is 0 Å². The highest BCUT2D eigenvalue weighted by Gasteiger charge is 2.18. The molecule has 30 heavy (non-hydrogen) atoms. The van der Waals surface area contributed by atoms with Crippen LogP contribution in [0.5, 0.6) is 0 Å². The van der Waals surface area contributed by atoms with Crippen LogP contribution in [0.3, 0.4) is 0 Å². The first-order valence-electron chi connectivity index (χ1n) is 9.88. The molecule has 3 heterocycles. The van der Waals surface area contributed by atoms with Gasteiger partial charge in [-0.3, -0.25) is 9.78 Å². The standard InChI is InChI=1S/C24H23N3O2S/c1-15-6-3-4-8-18(15)19-12-20(24-26-16(2)14-30-24)23(29)27-22(19)21-13-25-10-9-17(21)7-5-11-28/h3-4,6,8-10,12-14,28H,5,7,11H2,1-2H3,(H,27,29). The molecule has 0 unspecified atom stereocenters. The fourth-order valence-corrected chi connectivity index (χ4v) is 4.41. The number of rotatable bonds is 6. The third kappa shape index (κ3) is 3.97. The number of aromatic nitrogens is 3. The summed E-state index contributed by atoms with van der Waals surface area (Å²) in [5.41, 5.74) is 7.06. The molecule has 0 aliphatic carbocycles. The van der Waals surface area contributed by atoms with Crippen molar-refractivity contribution >= 4 is 11.3 Å². The van der Waals surface area contributed by atoms with Gasteiger partial charge in [-0.1, -0.05) is 24.3 Å². The van der Waals surface area contributed by atoms with E-state index in [4.69, 9.17) is 0 Å². The molecule has 4 rings (SSSR count). The van der Waals surface area contributed by atoms with E-state index in [1.165, 1.54) is 11.3 Å². The summed E-state index contributed by atoms with van der Waals surface area (Å²) in [5, 5.41) is 11.9. The number of pyridine rings is 2. The van der Waals surface area contributed by atoms with E-state index in [1.807, 2.05) is 36.6 Å². The maximum Gasteiger partial charge on any atom is 0.258 e. The van der Waals surface area contributed by atoms with E-state index in [2.05, 4.69) is 34.0 Å². The van der Waals surface area contributed by atoms with Crippen molar-refractivity contribution < 1.29 is 5.11 Å². The van der Waals surface area contributed by atoms with Gasteiger partial charge >= 0.3 is 0 Å². The molecule has 0 fully saturated rings. The fraction of sp³-hybridized carbons (Fsp3) is 0.208. The Labute approximate surface area is 179 Å². The van der Waals surface area contributed by atoms with Gasteiger partial charge < -0.3 is 10.1 Å². The zero-order valence-corrected chi connectivity index (χ0v) is 17.8. The number of H-pyrrole nitrogens is 1. The van der Waals surface area contributed by atoms with Gasteiger partial charge in [0.1, 0.15) is 5.01 Å². The fourth-order valence-electron chi connectivity index (χ4n) is 3.60. The Hall–Kier alpha value is -3.09. The molecule has 0 saturated heterocycles. The summed E-state index contributed by atoms with van der Waals surface area (Å²) in [4.78, 5) is 25.0. The lowest BCUT2D eigenvalue weighted by Gasteiger charge is -2.16. The largest absolute Gasteiger partial charge is 0.396 e. The van der Waals surface area contributed by atoms with Crippen LogP contribution in [0.4, 0.5) is 0 Å². The van der Waals surface area contributed by atoms with Crippen molar-refractivity contribution in [2.45, 2.75) is 26.7 Å². The molecule has 2 N–H and O–H groups in total. The Balaban J connectivity index is 1.99. The number of aryl methyl sites for hydroxylation is 3. The molecule has 152 valence electrons. The number of hydrogen-bond acceptors (Lipinski definition) is 5. The quantitative estimate of drug-likeness (QED) is 0.474. The first-order chi connectivity index (χ1) is 14.6. The Morgan fingerprint density at radius 1 is 1.07 bits per heavy atom. The molecule has 4 aromatic rings. The number of nitrogens with one attached hydrogen (secondary N) is 1. The lowest BCUT2D eigenvalue weighted by Crippen LogP contribution is -2.12. The Kier molecular flexibility index (Phi) is 5.88. The van der Waals surface area contributed by atoms with Crippen LogP contribution in [-0.2, 0) is 6.42 Å². The minimum Gasteiger partial charge on any atom is -0.396 e. The maximum absolute atomic E-state index is 13.1. The Morgan fingerprint density at radius 2 is 1.90 bits per heavy atom. The van der Waals surface area contributed by atoms with E-state index in [0.29, 0.717) is 23.4 Å². The lowest BCUT2D eigenvalue weighted by molar-refractivity contribution is 0.288. The number of nitrogens with zero attached hydrogens (tertiary/aromatic N) is 2. The highest BCUT2D eigenvalue weighted by atomic mass is 32.1. The topological polar surface area (TPSA) is 78.9 Å². The number of aromatic amines is 1. The van der Waals surface area contributed by atoms with Crippen LogP contribution in [0, 0.1) is 13.8 Å². The van der Waals surface area contributed by atoms with Crippen molar-refractivity contribution in [2.75, 3.05) is 6.61 Å². The van der Waals surface area contributed by atoms with Gasteiger partial charge in [-0.2, -0.15) is 0 Å². The van der Waals surface area contributed by atoms with E-state index in [0.717, 1.165) is 39.2 Å². The molecule has 0 bridgehead atoms. The molecule has 0 radical (unpaired) electrons. The second-order valence-corrected chi connectivity index (χ2v) is 8.13. The Bertz CT molecular complexity index is 1240. The third-order valence-corrected chi connectivity index (χ3v) is 6.10. The average molecular weight is 418 g/mol. The highest BCUT2D eigenvalue weighted by Crippen LogP contribution is 2.35. The third-order valence-electron chi connectivity index (χ3n) is 5.11. The van der Waals surface area contributed by atoms with Gasteiger partial charge in [0.2, 0.25) is 0 Å². The zero-order chi connectivity index (χ0) is 21.1. The van der Waals surface area contributed by atoms with Crippen LogP contribution in [0.1, 0.15) is 23.2 Å². The van der Waals surface area contributed by atoms with Crippen LogP contribution in [-0.4, -0.2) is 26.7 Å². The summed E-state index contributed by atoms with van der Waals surface area (Å²) >= 11 is 1.47. The SMILES string of the molecule is Cc1csc(-c2cc(-c3ccccc3C)c(-c3cnccc3CCCO)[nH]c2=O)n1. The predicted molar refractivity (Wildman–Crippen MR) is 122 cm³/mol. The molecule has 6 heteroatoms. The number of thiazole rings is 1. The van der Waals surface area contributed by atoms with Gasteiger partial charge in [0, 0.05) is 41.2 Å². The molecule has 0 aliphatic heterocycles. The van der Waals surface area contributed by atoms with Crippen molar-refractivity contribution in [3.8, 4) is 33.0 Å². The predicted octanol–water partition coefficient (Wildman–Crippen LogP) is 4.77. The molecule has 0 amide bonds. The van der Waals surface area contributed by atoms with Gasteiger partial charge in [-0.05, 0) is 55.5 Å². The summed E-state index contributed by atoms with van der Waals surface area (Å²) in [6, 6.07) is 12.0. The van der Waals surface area contributed by atoms with E-state index in [-0.39, 0.29) is 12.2 Å². The second-order valence-electron chi connectivity index (χ2n) is 7.27. The molecule has 0 aliphatic rings. The van der Waals surface area contributed by atoms with Gasteiger partial charge in [0.05, 0.1) is 11.3 Å². The van der Waals surface area contributed by atoms with Crippen molar-refractivity contribution in [3.05, 3.63) is 81.3 Å². The number of aliphatic hydroxyl groups is 1. The van der Waals surface area contributed by atoms with Crippen LogP contribution in [0.2, 0.25) is 0 Å². The van der Waals surface area contributed by atoms with Crippen LogP contribution >= 0.6 is 11.3 Å². The molecule has 5 nitrogen and oxygen atoms in total. The maximum atomic E-state index is 13.1. The molecular weight excluding hydrogens is 394 g/mol. The lowest BCUT2D eigenvalue weighted by atomic mass is 9.93. The molecule has 0 saturated carbocycles. The van der Waals surface area contributed by atoms with E-state index < -0.39 is 0 Å². The summed E-state index contributed by atoms with van der Waals surface area (Å²) in [6.07, 6.45) is 4.88. The second kappa shape index (κ2) is 8.73. The first-order valence-corrected chi connectivity index (χ1v) is 10.8. The molecule has 0 atom stereocenters. The first kappa shape index (κ1) is 20.2. The van der Waals surface area contributed by atoms with Crippen LogP contribution in [0.25, 0.3) is 33.0 Å². The van der Waals surface area contributed by atoms with E-state index in [1.54, 1.807) is 12.4 Å². The molecule has 1 aromatic carbocycles. The van der Waals surface area contributed by atoms with Gasteiger partial charge in [-0.25, -0.2) is 4.98 Å². The molecule has 3 aromatic heterocycles. The Morgan fingerprint density at radius 3 is 2.63 bits per heavy atom. The molecular formula is C24H23N3O2S. The molecule has 0 spiro atoms. The summed E-state index contributed by atoms with van der Waals surface area (Å²) < 4.78 is 0.